The number of hydrogen-bond donors (Lipinski definition) is 1. The van der Waals surface area contributed by atoms with E-state index in [0.717, 1.165) is 17.0 Å². The monoisotopic (exact) mass is 389 g/mol. The highest BCUT2D eigenvalue weighted by Crippen LogP contribution is 2.29. The van der Waals surface area contributed by atoms with Gasteiger partial charge in [-0.15, -0.1) is 21.5 Å². The Bertz CT molecular complexity index is 862. The number of rotatable bonds is 8. The molecule has 1 aromatic carbocycles. The number of benzene rings is 1. The number of hydrogen-bond acceptors (Lipinski definition) is 7. The normalized spacial score (nSPS) is 10.5. The third-order valence-electron chi connectivity index (χ3n) is 3.70. The van der Waals surface area contributed by atoms with Crippen LogP contribution in [-0.4, -0.2) is 30.3 Å². The molecule has 0 saturated heterocycles. The largest absolute Gasteiger partial charge is 0.493 e. The first kappa shape index (κ1) is 18.3. The lowest BCUT2D eigenvalue weighted by Crippen LogP contribution is -2.11. The molecule has 3 rings (SSSR count). The van der Waals surface area contributed by atoms with E-state index >= 15 is 0 Å². The van der Waals surface area contributed by atoms with E-state index in [-0.39, 0.29) is 5.91 Å². The molecule has 0 fully saturated rings. The van der Waals surface area contributed by atoms with Gasteiger partial charge in [0.25, 0.3) is 0 Å². The molecule has 0 aliphatic heterocycles. The van der Waals surface area contributed by atoms with Crippen molar-refractivity contribution >= 4 is 33.7 Å². The molecule has 136 valence electrons. The number of aromatic nitrogens is 2. The Balaban J connectivity index is 1.56. The zero-order valence-corrected chi connectivity index (χ0v) is 16.2. The average molecular weight is 390 g/mol. The number of thiophene rings is 1. The summed E-state index contributed by atoms with van der Waals surface area (Å²) in [5, 5.41) is 14.4. The van der Waals surface area contributed by atoms with Crippen LogP contribution in [0.25, 0.3) is 0 Å². The van der Waals surface area contributed by atoms with Crippen LogP contribution in [-0.2, 0) is 17.6 Å². The lowest BCUT2D eigenvalue weighted by molar-refractivity contribution is -0.116. The van der Waals surface area contributed by atoms with Crippen molar-refractivity contribution in [3.63, 3.8) is 0 Å². The highest BCUT2D eigenvalue weighted by molar-refractivity contribution is 7.15. The predicted molar refractivity (Wildman–Crippen MR) is 104 cm³/mol. The van der Waals surface area contributed by atoms with Gasteiger partial charge in [0, 0.05) is 17.7 Å². The van der Waals surface area contributed by atoms with Gasteiger partial charge in [0.15, 0.2) is 11.5 Å². The smallest absolute Gasteiger partial charge is 0.226 e. The maximum Gasteiger partial charge on any atom is 0.226 e. The summed E-state index contributed by atoms with van der Waals surface area (Å²) in [6.45, 7) is 0. The minimum absolute atomic E-state index is 0.0489. The van der Waals surface area contributed by atoms with Crippen LogP contribution in [0.4, 0.5) is 5.13 Å². The van der Waals surface area contributed by atoms with Crippen molar-refractivity contribution in [2.75, 3.05) is 19.5 Å². The van der Waals surface area contributed by atoms with Gasteiger partial charge in [0.1, 0.15) is 5.01 Å². The molecular formula is C18H19N3O3S2. The van der Waals surface area contributed by atoms with Crippen molar-refractivity contribution in [3.8, 4) is 11.5 Å². The van der Waals surface area contributed by atoms with Gasteiger partial charge in [-0.05, 0) is 35.6 Å². The second-order valence-electron chi connectivity index (χ2n) is 5.49. The highest BCUT2D eigenvalue weighted by Gasteiger charge is 2.11. The van der Waals surface area contributed by atoms with Gasteiger partial charge in [0.05, 0.1) is 14.2 Å². The van der Waals surface area contributed by atoms with E-state index in [1.165, 1.54) is 16.2 Å². The lowest BCUT2D eigenvalue weighted by Gasteiger charge is -2.08. The van der Waals surface area contributed by atoms with Crippen molar-refractivity contribution < 1.29 is 14.3 Å². The van der Waals surface area contributed by atoms with Crippen LogP contribution in [0, 0.1) is 0 Å². The predicted octanol–water partition coefficient (Wildman–Crippen LogP) is 3.78. The molecule has 0 aliphatic carbocycles. The van der Waals surface area contributed by atoms with E-state index in [9.17, 15) is 4.79 Å². The molecule has 8 heteroatoms. The Morgan fingerprint density at radius 2 is 2.00 bits per heavy atom. The second kappa shape index (κ2) is 8.77. The molecular weight excluding hydrogens is 370 g/mol. The summed E-state index contributed by atoms with van der Waals surface area (Å²) >= 11 is 3.04. The molecule has 0 unspecified atom stereocenters. The molecule has 0 aliphatic rings. The Morgan fingerprint density at radius 1 is 1.15 bits per heavy atom. The van der Waals surface area contributed by atoms with E-state index in [2.05, 4.69) is 15.5 Å². The summed E-state index contributed by atoms with van der Waals surface area (Å²) in [6.07, 6.45) is 1.79. The van der Waals surface area contributed by atoms with Gasteiger partial charge < -0.3 is 14.8 Å². The third kappa shape index (κ3) is 4.80. The first-order chi connectivity index (χ1) is 12.7. The molecule has 1 amide bonds. The quantitative estimate of drug-likeness (QED) is 0.635. The van der Waals surface area contributed by atoms with E-state index < -0.39 is 0 Å². The third-order valence-corrected chi connectivity index (χ3v) is 5.47. The first-order valence-corrected chi connectivity index (χ1v) is 9.73. The summed E-state index contributed by atoms with van der Waals surface area (Å²) in [6, 6.07) is 9.76. The van der Waals surface area contributed by atoms with Crippen LogP contribution in [0.1, 0.15) is 21.9 Å². The van der Waals surface area contributed by atoms with Crippen LogP contribution in [0.15, 0.2) is 35.7 Å². The number of carbonyl (C=O) groups is 1. The van der Waals surface area contributed by atoms with Crippen molar-refractivity contribution in [2.45, 2.75) is 19.3 Å². The summed E-state index contributed by atoms with van der Waals surface area (Å²) in [7, 11) is 3.21. The van der Waals surface area contributed by atoms with E-state index in [1.807, 2.05) is 35.7 Å². The molecule has 0 saturated carbocycles. The van der Waals surface area contributed by atoms with Crippen molar-refractivity contribution in [3.05, 3.63) is 51.2 Å². The van der Waals surface area contributed by atoms with Crippen LogP contribution in [0.3, 0.4) is 0 Å². The Morgan fingerprint density at radius 3 is 2.73 bits per heavy atom. The van der Waals surface area contributed by atoms with Gasteiger partial charge in [-0.25, -0.2) is 0 Å². The number of amides is 1. The van der Waals surface area contributed by atoms with Crippen LogP contribution in [0.5, 0.6) is 11.5 Å². The van der Waals surface area contributed by atoms with Crippen molar-refractivity contribution in [2.24, 2.45) is 0 Å². The molecule has 0 spiro atoms. The van der Waals surface area contributed by atoms with Gasteiger partial charge >= 0.3 is 0 Å². The van der Waals surface area contributed by atoms with Crippen LogP contribution >= 0.6 is 22.7 Å². The fourth-order valence-electron chi connectivity index (χ4n) is 2.41. The Hall–Kier alpha value is -2.45. The fourth-order valence-corrected chi connectivity index (χ4v) is 3.91. The van der Waals surface area contributed by atoms with E-state index in [4.69, 9.17) is 9.47 Å². The topological polar surface area (TPSA) is 73.3 Å². The molecule has 26 heavy (non-hydrogen) atoms. The molecule has 6 nitrogen and oxygen atoms in total. The Kier molecular flexibility index (Phi) is 6.19. The average Bonchev–Trinajstić information content (AvgIpc) is 3.32. The standard InChI is InChI=1S/C18H19N3O3S2/c1-23-14-7-5-12(10-15(14)24-2)11-17-20-21-18(26-17)19-16(22)8-6-13-4-3-9-25-13/h3-5,7,9-10H,6,8,11H2,1-2H3,(H,19,21,22). The van der Waals surface area contributed by atoms with Crippen LogP contribution in [0.2, 0.25) is 0 Å². The Labute approximate surface area is 159 Å². The highest BCUT2D eigenvalue weighted by atomic mass is 32.1. The number of methoxy groups -OCH3 is 2. The summed E-state index contributed by atoms with van der Waals surface area (Å²) in [5.41, 5.74) is 1.04. The molecule has 0 bridgehead atoms. The SMILES string of the molecule is COc1ccc(Cc2nnc(NC(=O)CCc3cccs3)s2)cc1OC. The molecule has 0 atom stereocenters. The van der Waals surface area contributed by atoms with Gasteiger partial charge in [-0.3, -0.25) is 4.79 Å². The molecule has 1 N–H and O–H groups in total. The summed E-state index contributed by atoms with van der Waals surface area (Å²) in [4.78, 5) is 13.2. The maximum absolute atomic E-state index is 12.0. The number of aryl methyl sites for hydroxylation is 1. The zero-order chi connectivity index (χ0) is 18.4. The second-order valence-corrected chi connectivity index (χ2v) is 7.59. The first-order valence-electron chi connectivity index (χ1n) is 8.03. The number of anilines is 1. The van der Waals surface area contributed by atoms with Gasteiger partial charge in [-0.2, -0.15) is 0 Å². The minimum atomic E-state index is -0.0489. The maximum atomic E-state index is 12.0. The molecule has 3 aromatic rings. The van der Waals surface area contributed by atoms with E-state index in [1.54, 1.807) is 25.6 Å². The number of nitrogens with one attached hydrogen (secondary N) is 1. The number of ether oxygens (including phenoxy) is 2. The van der Waals surface area contributed by atoms with Crippen LogP contribution < -0.4 is 14.8 Å². The van der Waals surface area contributed by atoms with Gasteiger partial charge in [-0.1, -0.05) is 23.5 Å². The molecule has 2 heterocycles. The number of carbonyl (C=O) groups excluding carboxylic acids is 1. The number of nitrogens with zero attached hydrogens (tertiary/aromatic N) is 2. The van der Waals surface area contributed by atoms with E-state index in [0.29, 0.717) is 29.5 Å². The summed E-state index contributed by atoms with van der Waals surface area (Å²) in [5.74, 6) is 1.32. The lowest BCUT2D eigenvalue weighted by atomic mass is 10.1. The van der Waals surface area contributed by atoms with Gasteiger partial charge in [0.2, 0.25) is 11.0 Å². The molecule has 2 aromatic heterocycles. The van der Waals surface area contributed by atoms with Crippen molar-refractivity contribution in [1.82, 2.24) is 10.2 Å². The molecule has 0 radical (unpaired) electrons. The summed E-state index contributed by atoms with van der Waals surface area (Å²) < 4.78 is 10.6. The zero-order valence-electron chi connectivity index (χ0n) is 14.5. The van der Waals surface area contributed by atoms with Crippen molar-refractivity contribution in [1.29, 1.82) is 0 Å². The minimum Gasteiger partial charge on any atom is -0.493 e. The fraction of sp³-hybridized carbons (Fsp3) is 0.278.